The Hall–Kier alpha value is -2.62. The molecule has 5 nitrogen and oxygen atoms in total. The Morgan fingerprint density at radius 2 is 1.94 bits per heavy atom. The van der Waals surface area contributed by atoms with Gasteiger partial charge in [-0.2, -0.15) is 0 Å². The third-order valence-corrected chi connectivity index (χ3v) is 7.64. The van der Waals surface area contributed by atoms with Crippen molar-refractivity contribution < 1.29 is 19.8 Å². The van der Waals surface area contributed by atoms with Gasteiger partial charge in [-0.3, -0.25) is 4.79 Å². The molecule has 3 atom stereocenters. The van der Waals surface area contributed by atoms with E-state index in [0.29, 0.717) is 24.3 Å². The first-order valence-electron chi connectivity index (χ1n) is 12.3. The van der Waals surface area contributed by atoms with Crippen molar-refractivity contribution in [2.45, 2.75) is 76.9 Å². The SMILES string of the molecule is C[C@@H](CCCCCc1ccccc1)[C@H](O)CCC1CCC(=O)N1CC#Cc1ccc(C(=O)O)s1. The van der Waals surface area contributed by atoms with Crippen LogP contribution in [0.2, 0.25) is 0 Å². The van der Waals surface area contributed by atoms with Gasteiger partial charge in [0.05, 0.1) is 17.5 Å². The first-order valence-corrected chi connectivity index (χ1v) is 13.1. The molecule has 0 saturated carbocycles. The van der Waals surface area contributed by atoms with E-state index in [-0.39, 0.29) is 28.8 Å². The Balaban J connectivity index is 1.36. The number of carboxylic acids is 1. The molecule has 1 aliphatic rings. The molecule has 1 aromatic carbocycles. The number of carbonyl (C=O) groups excluding carboxylic acids is 1. The maximum Gasteiger partial charge on any atom is 0.345 e. The lowest BCUT2D eigenvalue weighted by atomic mass is 9.92. The summed E-state index contributed by atoms with van der Waals surface area (Å²) in [5.41, 5.74) is 1.39. The normalized spacial score (nSPS) is 17.3. The van der Waals surface area contributed by atoms with Gasteiger partial charge < -0.3 is 15.1 Å². The Kier molecular flexibility index (Phi) is 10.2. The molecule has 0 radical (unpaired) electrons. The van der Waals surface area contributed by atoms with Crippen LogP contribution in [-0.4, -0.2) is 45.7 Å². The maximum absolute atomic E-state index is 12.3. The molecule has 0 aliphatic carbocycles. The van der Waals surface area contributed by atoms with Crippen molar-refractivity contribution >= 4 is 23.2 Å². The lowest BCUT2D eigenvalue weighted by Crippen LogP contribution is -2.34. The van der Waals surface area contributed by atoms with E-state index in [1.807, 2.05) is 11.0 Å². The zero-order valence-electron chi connectivity index (χ0n) is 19.9. The summed E-state index contributed by atoms with van der Waals surface area (Å²) in [5, 5.41) is 19.7. The average molecular weight is 482 g/mol. The lowest BCUT2D eigenvalue weighted by Gasteiger charge is -2.25. The number of rotatable bonds is 12. The predicted molar refractivity (Wildman–Crippen MR) is 136 cm³/mol. The summed E-state index contributed by atoms with van der Waals surface area (Å²) in [7, 11) is 0. The van der Waals surface area contributed by atoms with E-state index in [9.17, 15) is 14.7 Å². The van der Waals surface area contributed by atoms with Crippen LogP contribution in [0.5, 0.6) is 0 Å². The van der Waals surface area contributed by atoms with Crippen molar-refractivity contribution in [2.75, 3.05) is 6.54 Å². The number of aliphatic hydroxyl groups is 1. The van der Waals surface area contributed by atoms with Gasteiger partial charge in [0.25, 0.3) is 0 Å². The van der Waals surface area contributed by atoms with Gasteiger partial charge >= 0.3 is 5.97 Å². The summed E-state index contributed by atoms with van der Waals surface area (Å²) in [4.78, 5) is 26.1. The first-order chi connectivity index (χ1) is 16.4. The van der Waals surface area contributed by atoms with Crippen molar-refractivity contribution in [3.63, 3.8) is 0 Å². The van der Waals surface area contributed by atoms with Crippen LogP contribution in [0.25, 0.3) is 0 Å². The molecule has 6 heteroatoms. The number of hydrogen-bond acceptors (Lipinski definition) is 4. The molecule has 1 aliphatic heterocycles. The van der Waals surface area contributed by atoms with Crippen molar-refractivity contribution in [1.29, 1.82) is 0 Å². The Morgan fingerprint density at radius 1 is 1.15 bits per heavy atom. The highest BCUT2D eigenvalue weighted by molar-refractivity contribution is 7.14. The molecule has 182 valence electrons. The van der Waals surface area contributed by atoms with Gasteiger partial charge in [0.2, 0.25) is 5.91 Å². The highest BCUT2D eigenvalue weighted by Crippen LogP contribution is 2.25. The Bertz CT molecular complexity index is 991. The van der Waals surface area contributed by atoms with Crippen LogP contribution in [0.4, 0.5) is 0 Å². The Morgan fingerprint density at radius 3 is 2.68 bits per heavy atom. The number of amides is 1. The molecule has 1 aromatic heterocycles. The second-order valence-electron chi connectivity index (χ2n) is 9.19. The number of aromatic carboxylic acids is 1. The summed E-state index contributed by atoms with van der Waals surface area (Å²) in [6.45, 7) is 2.47. The van der Waals surface area contributed by atoms with E-state index in [4.69, 9.17) is 5.11 Å². The zero-order valence-corrected chi connectivity index (χ0v) is 20.7. The van der Waals surface area contributed by atoms with Crippen LogP contribution in [-0.2, 0) is 11.2 Å². The van der Waals surface area contributed by atoms with Gasteiger partial charge in [-0.25, -0.2) is 4.79 Å². The predicted octanol–water partition coefficient (Wildman–Crippen LogP) is 5.37. The molecule has 2 heterocycles. The topological polar surface area (TPSA) is 77.8 Å². The number of aryl methyl sites for hydroxylation is 1. The Labute approximate surface area is 206 Å². The largest absolute Gasteiger partial charge is 0.477 e. The van der Waals surface area contributed by atoms with Crippen LogP contribution in [0, 0.1) is 17.8 Å². The number of thiophene rings is 1. The van der Waals surface area contributed by atoms with Gasteiger partial charge in [0.1, 0.15) is 4.88 Å². The summed E-state index contributed by atoms with van der Waals surface area (Å²) < 4.78 is 0. The number of hydrogen-bond donors (Lipinski definition) is 2. The van der Waals surface area contributed by atoms with E-state index in [0.717, 1.165) is 43.4 Å². The van der Waals surface area contributed by atoms with Gasteiger partial charge in [0, 0.05) is 12.5 Å². The lowest BCUT2D eigenvalue weighted by molar-refractivity contribution is -0.128. The van der Waals surface area contributed by atoms with Crippen LogP contribution in [0.3, 0.4) is 0 Å². The quantitative estimate of drug-likeness (QED) is 0.316. The van der Waals surface area contributed by atoms with Gasteiger partial charge in [-0.15, -0.1) is 11.3 Å². The fourth-order valence-corrected chi connectivity index (χ4v) is 5.22. The minimum atomic E-state index is -0.951. The van der Waals surface area contributed by atoms with E-state index in [1.54, 1.807) is 12.1 Å². The zero-order chi connectivity index (χ0) is 24.3. The van der Waals surface area contributed by atoms with Gasteiger partial charge in [0.15, 0.2) is 0 Å². The third kappa shape index (κ3) is 8.00. The maximum atomic E-state index is 12.3. The number of likely N-dealkylation sites (tertiary alicyclic amines) is 1. The van der Waals surface area contributed by atoms with E-state index in [1.165, 1.54) is 18.4 Å². The smallest absolute Gasteiger partial charge is 0.345 e. The van der Waals surface area contributed by atoms with Crippen molar-refractivity contribution in [3.8, 4) is 11.8 Å². The number of benzene rings is 1. The molecule has 3 rings (SSSR count). The molecule has 1 unspecified atom stereocenters. The number of aliphatic hydroxyl groups excluding tert-OH is 1. The molecule has 34 heavy (non-hydrogen) atoms. The molecular formula is C28H35NO4S. The van der Waals surface area contributed by atoms with E-state index < -0.39 is 5.97 Å². The molecule has 2 aromatic rings. The number of carbonyl (C=O) groups is 2. The summed E-state index contributed by atoms with van der Waals surface area (Å²) >= 11 is 1.14. The number of nitrogens with zero attached hydrogens (tertiary/aromatic N) is 1. The molecule has 2 N–H and O–H groups in total. The minimum absolute atomic E-state index is 0.109. The van der Waals surface area contributed by atoms with Crippen LogP contribution >= 0.6 is 11.3 Å². The standard InChI is InChI=1S/C28H35NO4S/c1-21(9-4-2-5-10-22-11-6-3-7-12-22)25(30)17-14-23-15-19-27(31)29(23)20-8-13-24-16-18-26(34-24)28(32)33/h3,6-7,11-12,16,18,21,23,25,30H,2,4-5,9-10,14-15,17,19-20H2,1H3,(H,32,33)/t21-,23?,25+/m0/s1. The number of unbranched alkanes of at least 4 members (excludes halogenated alkanes) is 2. The highest BCUT2D eigenvalue weighted by atomic mass is 32.1. The second kappa shape index (κ2) is 13.3. The van der Waals surface area contributed by atoms with Crippen LogP contribution in [0.1, 0.15) is 78.4 Å². The van der Waals surface area contributed by atoms with Crippen molar-refractivity contribution in [1.82, 2.24) is 4.90 Å². The monoisotopic (exact) mass is 481 g/mol. The molecule has 1 saturated heterocycles. The fourth-order valence-electron chi connectivity index (χ4n) is 4.50. The highest BCUT2D eigenvalue weighted by Gasteiger charge is 2.30. The second-order valence-corrected chi connectivity index (χ2v) is 10.3. The van der Waals surface area contributed by atoms with E-state index >= 15 is 0 Å². The minimum Gasteiger partial charge on any atom is -0.477 e. The van der Waals surface area contributed by atoms with E-state index in [2.05, 4.69) is 43.0 Å². The molecule has 0 bridgehead atoms. The summed E-state index contributed by atoms with van der Waals surface area (Å²) in [6.07, 6.45) is 8.08. The average Bonchev–Trinajstić information content (AvgIpc) is 3.45. The summed E-state index contributed by atoms with van der Waals surface area (Å²) in [6, 6.07) is 13.9. The van der Waals surface area contributed by atoms with Gasteiger partial charge in [-0.1, -0.05) is 61.9 Å². The molecular weight excluding hydrogens is 446 g/mol. The first kappa shape index (κ1) is 26.0. The fraction of sp³-hybridized carbons (Fsp3) is 0.500. The molecule has 1 fully saturated rings. The molecule has 0 spiro atoms. The van der Waals surface area contributed by atoms with Crippen molar-refractivity contribution in [2.24, 2.45) is 5.92 Å². The van der Waals surface area contributed by atoms with Gasteiger partial charge in [-0.05, 0) is 62.1 Å². The number of carboxylic acid groups (broad SMARTS) is 1. The summed E-state index contributed by atoms with van der Waals surface area (Å²) in [5.74, 6) is 5.42. The molecule has 1 amide bonds. The third-order valence-electron chi connectivity index (χ3n) is 6.65. The van der Waals surface area contributed by atoms with Crippen LogP contribution in [0.15, 0.2) is 42.5 Å². The van der Waals surface area contributed by atoms with Crippen LogP contribution < -0.4 is 0 Å². The van der Waals surface area contributed by atoms with Crippen molar-refractivity contribution in [3.05, 3.63) is 57.8 Å².